The number of aromatic hydroxyl groups is 1. The molecule has 1 heterocycles. The van der Waals surface area contributed by atoms with E-state index in [9.17, 15) is 8.99 Å². The molecule has 0 spiro atoms. The molecule has 5 heteroatoms. The fourth-order valence-corrected chi connectivity index (χ4v) is 3.81. The highest BCUT2D eigenvalue weighted by molar-refractivity contribution is 7.94. The van der Waals surface area contributed by atoms with Gasteiger partial charge in [0, 0.05) is 12.6 Å². The molecule has 1 saturated heterocycles. The standard InChI is InChI=1S/C15H20FNO2S/c1-2-7-17-9-14(20-16)19-15-12-8-11(18)5-3-10(12)4-6-13(15)17/h3,5,8,13-15,18H,2,4,6-7,9H2,1H3/t13?,14?,15-/m1/s1. The summed E-state index contributed by atoms with van der Waals surface area (Å²) in [5, 5.41) is 9.72. The van der Waals surface area contributed by atoms with E-state index in [1.54, 1.807) is 12.1 Å². The van der Waals surface area contributed by atoms with Crippen LogP contribution in [0.3, 0.4) is 0 Å². The zero-order valence-corrected chi connectivity index (χ0v) is 12.4. The lowest BCUT2D eigenvalue weighted by Crippen LogP contribution is -2.51. The molecular weight excluding hydrogens is 277 g/mol. The van der Waals surface area contributed by atoms with Gasteiger partial charge in [0.05, 0.1) is 12.1 Å². The van der Waals surface area contributed by atoms with Gasteiger partial charge in [0.25, 0.3) is 0 Å². The Bertz CT molecular complexity index is 485. The number of hydrogen-bond donors (Lipinski definition) is 1. The Balaban J connectivity index is 1.93. The maximum Gasteiger partial charge on any atom is 0.147 e. The molecule has 2 unspecified atom stereocenters. The molecule has 0 radical (unpaired) electrons. The van der Waals surface area contributed by atoms with Crippen molar-refractivity contribution in [1.82, 2.24) is 4.90 Å². The molecule has 0 aromatic heterocycles. The van der Waals surface area contributed by atoms with Crippen molar-refractivity contribution in [2.75, 3.05) is 13.1 Å². The van der Waals surface area contributed by atoms with Gasteiger partial charge in [0.1, 0.15) is 17.3 Å². The zero-order chi connectivity index (χ0) is 14.1. The Morgan fingerprint density at radius 3 is 3.10 bits per heavy atom. The quantitative estimate of drug-likeness (QED) is 0.926. The van der Waals surface area contributed by atoms with E-state index in [4.69, 9.17) is 4.74 Å². The predicted molar refractivity (Wildman–Crippen MR) is 78.4 cm³/mol. The Hall–Kier alpha value is -0.780. The Morgan fingerprint density at radius 2 is 2.35 bits per heavy atom. The van der Waals surface area contributed by atoms with Crippen molar-refractivity contribution in [1.29, 1.82) is 0 Å². The first-order chi connectivity index (χ1) is 9.72. The summed E-state index contributed by atoms with van der Waals surface area (Å²) < 4.78 is 19.0. The second-order valence-corrected chi connectivity index (χ2v) is 6.26. The molecule has 3 rings (SSSR count). The van der Waals surface area contributed by atoms with Crippen LogP contribution in [0, 0.1) is 0 Å². The number of hydrogen-bond acceptors (Lipinski definition) is 4. The number of phenols is 1. The number of ether oxygens (including phenoxy) is 1. The topological polar surface area (TPSA) is 32.7 Å². The van der Waals surface area contributed by atoms with Crippen LogP contribution in [0.15, 0.2) is 18.2 Å². The van der Waals surface area contributed by atoms with E-state index in [-0.39, 0.29) is 24.0 Å². The fraction of sp³-hybridized carbons (Fsp3) is 0.600. The highest BCUT2D eigenvalue weighted by Crippen LogP contribution is 2.42. The zero-order valence-electron chi connectivity index (χ0n) is 11.6. The van der Waals surface area contributed by atoms with E-state index in [0.717, 1.165) is 31.4 Å². The van der Waals surface area contributed by atoms with E-state index < -0.39 is 5.44 Å². The Morgan fingerprint density at radius 1 is 1.50 bits per heavy atom. The summed E-state index contributed by atoms with van der Waals surface area (Å²) in [7, 11) is 0. The van der Waals surface area contributed by atoms with Gasteiger partial charge < -0.3 is 9.84 Å². The molecule has 110 valence electrons. The average molecular weight is 297 g/mol. The third kappa shape index (κ3) is 2.54. The minimum atomic E-state index is -0.434. The molecule has 1 aliphatic carbocycles. The van der Waals surface area contributed by atoms with Crippen LogP contribution in [0.2, 0.25) is 0 Å². The number of halogens is 1. The molecule has 20 heavy (non-hydrogen) atoms. The van der Waals surface area contributed by atoms with Gasteiger partial charge in [0.2, 0.25) is 0 Å². The van der Waals surface area contributed by atoms with Crippen LogP contribution in [0.5, 0.6) is 5.75 Å². The van der Waals surface area contributed by atoms with Crippen LogP contribution in [0.25, 0.3) is 0 Å². The first kappa shape index (κ1) is 14.2. The summed E-state index contributed by atoms with van der Waals surface area (Å²) in [6.45, 7) is 3.75. The van der Waals surface area contributed by atoms with Gasteiger partial charge in [-0.3, -0.25) is 4.90 Å². The molecule has 0 amide bonds. The molecule has 3 atom stereocenters. The van der Waals surface area contributed by atoms with Gasteiger partial charge in [-0.2, -0.15) is 3.89 Å². The van der Waals surface area contributed by atoms with Gasteiger partial charge in [-0.25, -0.2) is 0 Å². The monoisotopic (exact) mass is 297 g/mol. The normalized spacial score (nSPS) is 29.8. The van der Waals surface area contributed by atoms with Crippen molar-refractivity contribution in [2.24, 2.45) is 0 Å². The summed E-state index contributed by atoms with van der Waals surface area (Å²) in [6, 6.07) is 5.75. The first-order valence-corrected chi connectivity index (χ1v) is 7.99. The third-order valence-electron chi connectivity index (χ3n) is 4.26. The number of rotatable bonds is 3. The second-order valence-electron chi connectivity index (χ2n) is 5.56. The van der Waals surface area contributed by atoms with Crippen molar-refractivity contribution in [2.45, 2.75) is 43.8 Å². The lowest BCUT2D eigenvalue weighted by atomic mass is 9.84. The van der Waals surface area contributed by atoms with Crippen LogP contribution in [-0.2, 0) is 11.2 Å². The lowest BCUT2D eigenvalue weighted by molar-refractivity contribution is -0.0955. The summed E-state index contributed by atoms with van der Waals surface area (Å²) in [5.74, 6) is 0.255. The van der Waals surface area contributed by atoms with E-state index in [2.05, 4.69) is 11.8 Å². The van der Waals surface area contributed by atoms with Crippen molar-refractivity contribution in [3.8, 4) is 5.75 Å². The second kappa shape index (κ2) is 5.92. The van der Waals surface area contributed by atoms with Gasteiger partial charge in [-0.15, -0.1) is 0 Å². The van der Waals surface area contributed by atoms with Crippen molar-refractivity contribution >= 4 is 12.1 Å². The molecule has 3 nitrogen and oxygen atoms in total. The summed E-state index contributed by atoms with van der Waals surface area (Å²) in [5.41, 5.74) is 1.81. The van der Waals surface area contributed by atoms with Gasteiger partial charge in [0.15, 0.2) is 0 Å². The minimum absolute atomic E-state index is 0.126. The Labute approximate surface area is 123 Å². The molecule has 1 fully saturated rings. The largest absolute Gasteiger partial charge is 0.508 e. The number of phenolic OH excluding ortho intramolecular Hbond substituents is 1. The average Bonchev–Trinajstić information content (AvgIpc) is 2.47. The molecule has 1 aliphatic heterocycles. The first-order valence-electron chi connectivity index (χ1n) is 7.21. The van der Waals surface area contributed by atoms with E-state index in [1.165, 1.54) is 5.56 Å². The summed E-state index contributed by atoms with van der Waals surface area (Å²) in [4.78, 5) is 2.35. The molecular formula is C15H20FNO2S. The van der Waals surface area contributed by atoms with Crippen LogP contribution in [-0.4, -0.2) is 34.6 Å². The maximum absolute atomic E-state index is 13.0. The van der Waals surface area contributed by atoms with Crippen molar-refractivity contribution in [3.05, 3.63) is 29.3 Å². The van der Waals surface area contributed by atoms with Gasteiger partial charge in [-0.1, -0.05) is 13.0 Å². The van der Waals surface area contributed by atoms with Crippen LogP contribution in [0.1, 0.15) is 37.0 Å². The molecule has 0 saturated carbocycles. The smallest absolute Gasteiger partial charge is 0.147 e. The predicted octanol–water partition coefficient (Wildman–Crippen LogP) is 3.43. The van der Waals surface area contributed by atoms with E-state index >= 15 is 0 Å². The summed E-state index contributed by atoms with van der Waals surface area (Å²) in [6.07, 6.45) is 2.96. The fourth-order valence-electron chi connectivity index (χ4n) is 3.40. The lowest BCUT2D eigenvalue weighted by Gasteiger charge is -2.46. The number of nitrogens with zero attached hydrogens (tertiary/aromatic N) is 1. The highest BCUT2D eigenvalue weighted by atomic mass is 32.2. The Kier molecular flexibility index (Phi) is 4.19. The van der Waals surface area contributed by atoms with Gasteiger partial charge in [-0.05, 0) is 49.1 Å². The third-order valence-corrected chi connectivity index (χ3v) is 4.71. The number of fused-ring (bicyclic) bond motifs is 3. The SMILES string of the molecule is CCCN1CC(SF)O[C@@H]2c3cc(O)ccc3CCC21. The van der Waals surface area contributed by atoms with Crippen LogP contribution >= 0.6 is 12.1 Å². The number of benzene rings is 1. The molecule has 1 aromatic rings. The molecule has 0 bridgehead atoms. The van der Waals surface area contributed by atoms with Crippen molar-refractivity contribution < 1.29 is 13.7 Å². The van der Waals surface area contributed by atoms with Crippen LogP contribution < -0.4 is 0 Å². The molecule has 2 aliphatic rings. The molecule has 1 N–H and O–H groups in total. The van der Waals surface area contributed by atoms with Crippen molar-refractivity contribution in [3.63, 3.8) is 0 Å². The van der Waals surface area contributed by atoms with E-state index in [0.29, 0.717) is 12.6 Å². The number of aryl methyl sites for hydroxylation is 1. The highest BCUT2D eigenvalue weighted by Gasteiger charge is 2.41. The molecule has 1 aromatic carbocycles. The van der Waals surface area contributed by atoms with E-state index in [1.807, 2.05) is 6.07 Å². The van der Waals surface area contributed by atoms with Gasteiger partial charge >= 0.3 is 0 Å². The maximum atomic E-state index is 13.0. The minimum Gasteiger partial charge on any atom is -0.508 e. The van der Waals surface area contributed by atoms with Crippen LogP contribution in [0.4, 0.5) is 3.89 Å². The summed E-state index contributed by atoms with van der Waals surface area (Å²) >= 11 is 0.284. The number of morpholine rings is 1.